The lowest BCUT2D eigenvalue weighted by Gasteiger charge is -2.12. The SMILES string of the molecule is COc1cc(OC)cc(-n2nnc(C(=O)O)c2C(C)C)c1. The summed E-state index contributed by atoms with van der Waals surface area (Å²) in [6.45, 7) is 3.78. The van der Waals surface area contributed by atoms with Crippen LogP contribution in [0.5, 0.6) is 11.5 Å². The van der Waals surface area contributed by atoms with Gasteiger partial charge in [0.25, 0.3) is 0 Å². The fourth-order valence-corrected chi connectivity index (χ4v) is 2.06. The van der Waals surface area contributed by atoms with Gasteiger partial charge in [0.15, 0.2) is 5.69 Å². The largest absolute Gasteiger partial charge is 0.497 e. The van der Waals surface area contributed by atoms with Crippen LogP contribution in [0.3, 0.4) is 0 Å². The van der Waals surface area contributed by atoms with Gasteiger partial charge in [-0.1, -0.05) is 19.1 Å². The van der Waals surface area contributed by atoms with Gasteiger partial charge in [0.1, 0.15) is 11.5 Å². The highest BCUT2D eigenvalue weighted by Gasteiger charge is 2.22. The van der Waals surface area contributed by atoms with Gasteiger partial charge in [0.2, 0.25) is 0 Å². The Kier molecular flexibility index (Phi) is 4.11. The third kappa shape index (κ3) is 2.81. The fraction of sp³-hybridized carbons (Fsp3) is 0.357. The van der Waals surface area contributed by atoms with Crippen LogP contribution in [0.1, 0.15) is 35.9 Å². The van der Waals surface area contributed by atoms with Gasteiger partial charge in [-0.3, -0.25) is 0 Å². The Labute approximate surface area is 122 Å². The highest BCUT2D eigenvalue weighted by Crippen LogP contribution is 2.28. The first-order valence-electron chi connectivity index (χ1n) is 6.40. The lowest BCUT2D eigenvalue weighted by molar-refractivity contribution is 0.0688. The summed E-state index contributed by atoms with van der Waals surface area (Å²) in [5.41, 5.74) is 1.11. The van der Waals surface area contributed by atoms with E-state index in [1.165, 1.54) is 4.68 Å². The van der Waals surface area contributed by atoms with Crippen molar-refractivity contribution in [3.05, 3.63) is 29.6 Å². The van der Waals surface area contributed by atoms with E-state index in [0.29, 0.717) is 22.9 Å². The predicted molar refractivity (Wildman–Crippen MR) is 75.5 cm³/mol. The molecule has 1 aromatic heterocycles. The van der Waals surface area contributed by atoms with Gasteiger partial charge in [-0.15, -0.1) is 5.10 Å². The number of carbonyl (C=O) groups is 1. The number of rotatable bonds is 5. The van der Waals surface area contributed by atoms with Crippen molar-refractivity contribution in [3.63, 3.8) is 0 Å². The van der Waals surface area contributed by atoms with E-state index in [1.54, 1.807) is 32.4 Å². The first kappa shape index (κ1) is 14.8. The van der Waals surface area contributed by atoms with E-state index < -0.39 is 5.97 Å². The molecule has 0 radical (unpaired) electrons. The van der Waals surface area contributed by atoms with Crippen LogP contribution in [0.4, 0.5) is 0 Å². The monoisotopic (exact) mass is 291 g/mol. The van der Waals surface area contributed by atoms with Crippen molar-refractivity contribution >= 4 is 5.97 Å². The molecule has 0 unspecified atom stereocenters. The number of methoxy groups -OCH3 is 2. The summed E-state index contributed by atoms with van der Waals surface area (Å²) in [5.74, 6) is 0.0287. The third-order valence-corrected chi connectivity index (χ3v) is 3.04. The second-order valence-corrected chi connectivity index (χ2v) is 4.77. The Morgan fingerprint density at radius 2 is 1.76 bits per heavy atom. The Bertz CT molecular complexity index is 642. The number of aromatic carboxylic acids is 1. The van der Waals surface area contributed by atoms with Crippen molar-refractivity contribution in [2.45, 2.75) is 19.8 Å². The Balaban J connectivity index is 2.64. The molecule has 21 heavy (non-hydrogen) atoms. The molecule has 0 aliphatic heterocycles. The summed E-state index contributed by atoms with van der Waals surface area (Å²) in [4.78, 5) is 11.3. The van der Waals surface area contributed by atoms with E-state index >= 15 is 0 Å². The van der Waals surface area contributed by atoms with Crippen molar-refractivity contribution in [3.8, 4) is 17.2 Å². The van der Waals surface area contributed by atoms with Crippen LogP contribution in [0, 0.1) is 0 Å². The van der Waals surface area contributed by atoms with Gasteiger partial charge >= 0.3 is 5.97 Å². The Morgan fingerprint density at radius 1 is 1.19 bits per heavy atom. The molecule has 0 aliphatic carbocycles. The molecular formula is C14H17N3O4. The molecule has 2 aromatic rings. The number of hydrogen-bond acceptors (Lipinski definition) is 5. The summed E-state index contributed by atoms with van der Waals surface area (Å²) < 4.78 is 11.9. The molecule has 2 rings (SSSR count). The molecule has 112 valence electrons. The second-order valence-electron chi connectivity index (χ2n) is 4.77. The second kappa shape index (κ2) is 5.82. The molecule has 0 atom stereocenters. The first-order valence-corrected chi connectivity index (χ1v) is 6.40. The summed E-state index contributed by atoms with van der Waals surface area (Å²) in [6.07, 6.45) is 0. The van der Waals surface area contributed by atoms with Gasteiger partial charge < -0.3 is 14.6 Å². The number of ether oxygens (including phenoxy) is 2. The Morgan fingerprint density at radius 3 is 2.19 bits per heavy atom. The summed E-state index contributed by atoms with van der Waals surface area (Å²) in [5, 5.41) is 16.9. The highest BCUT2D eigenvalue weighted by atomic mass is 16.5. The van der Waals surface area contributed by atoms with Crippen molar-refractivity contribution in [2.75, 3.05) is 14.2 Å². The molecule has 1 aromatic carbocycles. The Hall–Kier alpha value is -2.57. The summed E-state index contributed by atoms with van der Waals surface area (Å²) in [6, 6.07) is 5.22. The van der Waals surface area contributed by atoms with E-state index in [2.05, 4.69) is 10.3 Å². The summed E-state index contributed by atoms with van der Waals surface area (Å²) >= 11 is 0. The number of carboxylic acid groups (broad SMARTS) is 1. The molecule has 0 bridgehead atoms. The minimum Gasteiger partial charge on any atom is -0.497 e. The lowest BCUT2D eigenvalue weighted by atomic mass is 10.1. The van der Waals surface area contributed by atoms with Crippen LogP contribution in [0.25, 0.3) is 5.69 Å². The van der Waals surface area contributed by atoms with Crippen LogP contribution >= 0.6 is 0 Å². The van der Waals surface area contributed by atoms with Crippen LogP contribution in [-0.2, 0) is 0 Å². The minimum absolute atomic E-state index is 0.0493. The van der Waals surface area contributed by atoms with Gasteiger partial charge in [-0.05, 0) is 5.92 Å². The lowest BCUT2D eigenvalue weighted by Crippen LogP contribution is -2.08. The molecular weight excluding hydrogens is 274 g/mol. The zero-order chi connectivity index (χ0) is 15.6. The molecule has 0 aliphatic rings. The average Bonchev–Trinajstić information content (AvgIpc) is 2.91. The molecule has 1 heterocycles. The van der Waals surface area contributed by atoms with E-state index in [9.17, 15) is 9.90 Å². The molecule has 0 saturated heterocycles. The molecule has 0 spiro atoms. The highest BCUT2D eigenvalue weighted by molar-refractivity contribution is 5.86. The summed E-state index contributed by atoms with van der Waals surface area (Å²) in [7, 11) is 3.10. The zero-order valence-corrected chi connectivity index (χ0v) is 12.3. The molecule has 7 nitrogen and oxygen atoms in total. The first-order chi connectivity index (χ1) is 9.97. The maximum Gasteiger partial charge on any atom is 0.358 e. The van der Waals surface area contributed by atoms with Gasteiger partial charge in [0.05, 0.1) is 25.6 Å². The van der Waals surface area contributed by atoms with Crippen LogP contribution in [0.2, 0.25) is 0 Å². The van der Waals surface area contributed by atoms with Crippen molar-refractivity contribution in [2.24, 2.45) is 0 Å². The number of nitrogens with zero attached hydrogens (tertiary/aromatic N) is 3. The molecule has 7 heteroatoms. The van der Waals surface area contributed by atoms with Gasteiger partial charge in [-0.2, -0.15) is 0 Å². The van der Waals surface area contributed by atoms with Gasteiger partial charge in [-0.25, -0.2) is 9.48 Å². The van der Waals surface area contributed by atoms with Gasteiger partial charge in [0, 0.05) is 18.2 Å². The standard InChI is InChI=1S/C14H17N3O4/c1-8(2)13-12(14(18)19)15-16-17(13)9-5-10(20-3)7-11(6-9)21-4/h5-8H,1-4H3,(H,18,19). The minimum atomic E-state index is -1.10. The predicted octanol–water partition coefficient (Wildman–Crippen LogP) is 2.11. The maximum atomic E-state index is 11.3. The normalized spacial score (nSPS) is 10.7. The number of aromatic nitrogens is 3. The molecule has 1 N–H and O–H groups in total. The topological polar surface area (TPSA) is 86.5 Å². The van der Waals surface area contributed by atoms with E-state index in [0.717, 1.165) is 0 Å². The number of carboxylic acids is 1. The third-order valence-electron chi connectivity index (χ3n) is 3.04. The molecule has 0 amide bonds. The average molecular weight is 291 g/mol. The number of hydrogen-bond donors (Lipinski definition) is 1. The quantitative estimate of drug-likeness (QED) is 0.908. The molecule has 0 saturated carbocycles. The van der Waals surface area contributed by atoms with Crippen LogP contribution in [-0.4, -0.2) is 40.3 Å². The maximum absolute atomic E-state index is 11.3. The van der Waals surface area contributed by atoms with Crippen molar-refractivity contribution < 1.29 is 19.4 Å². The van der Waals surface area contributed by atoms with E-state index in [1.807, 2.05) is 13.8 Å². The molecule has 0 fully saturated rings. The van der Waals surface area contributed by atoms with Crippen molar-refractivity contribution in [1.29, 1.82) is 0 Å². The smallest absolute Gasteiger partial charge is 0.358 e. The fourth-order valence-electron chi connectivity index (χ4n) is 2.06. The van der Waals surface area contributed by atoms with E-state index in [-0.39, 0.29) is 11.6 Å². The van der Waals surface area contributed by atoms with Crippen LogP contribution in [0.15, 0.2) is 18.2 Å². The zero-order valence-electron chi connectivity index (χ0n) is 12.3. The number of benzene rings is 1. The van der Waals surface area contributed by atoms with E-state index in [4.69, 9.17) is 9.47 Å². The van der Waals surface area contributed by atoms with Crippen LogP contribution < -0.4 is 9.47 Å². The van der Waals surface area contributed by atoms with Crippen molar-refractivity contribution in [1.82, 2.24) is 15.0 Å².